The van der Waals surface area contributed by atoms with E-state index in [0.717, 1.165) is 48.4 Å². The molecule has 0 spiro atoms. The molecule has 0 bridgehead atoms. The Kier molecular flexibility index (Phi) is 5.47. The molecule has 4 rings (SSSR count). The van der Waals surface area contributed by atoms with E-state index in [2.05, 4.69) is 53.6 Å². The minimum atomic E-state index is 0.270. The van der Waals surface area contributed by atoms with Crippen LogP contribution in [0.3, 0.4) is 0 Å². The Labute approximate surface area is 167 Å². The molecule has 3 aromatic rings. The van der Waals surface area contributed by atoms with Crippen LogP contribution in [0, 0.1) is 13.8 Å². The second-order valence-corrected chi connectivity index (χ2v) is 7.94. The van der Waals surface area contributed by atoms with Gasteiger partial charge in [0.05, 0.1) is 11.0 Å². The molecule has 2 aromatic carbocycles. The molecule has 1 aliphatic heterocycles. The SMILES string of the molecule is Cc1ccc(-c2nc3ccccc3n2CCC(=O)N2CCCCCC2)c(C)c1. The third-order valence-corrected chi connectivity index (χ3v) is 5.79. The van der Waals surface area contributed by atoms with Gasteiger partial charge in [-0.1, -0.05) is 48.7 Å². The van der Waals surface area contributed by atoms with Gasteiger partial charge in [0.1, 0.15) is 5.82 Å². The lowest BCUT2D eigenvalue weighted by Gasteiger charge is -2.21. The van der Waals surface area contributed by atoms with Crippen LogP contribution >= 0.6 is 0 Å². The number of fused-ring (bicyclic) bond motifs is 1. The standard InChI is InChI=1S/C24H29N3O/c1-18-11-12-20(19(2)17-18)24-25-21-9-5-6-10-22(21)27(24)16-13-23(28)26-14-7-3-4-8-15-26/h5-6,9-12,17H,3-4,7-8,13-16H2,1-2H3. The predicted octanol–water partition coefficient (Wildman–Crippen LogP) is 5.11. The van der Waals surface area contributed by atoms with Crippen LogP contribution in [0.2, 0.25) is 0 Å². The average Bonchev–Trinajstić information content (AvgIpc) is 2.86. The number of rotatable bonds is 4. The third-order valence-electron chi connectivity index (χ3n) is 5.79. The normalized spacial score (nSPS) is 15.0. The van der Waals surface area contributed by atoms with Gasteiger partial charge in [0, 0.05) is 31.6 Å². The number of aromatic nitrogens is 2. The summed E-state index contributed by atoms with van der Waals surface area (Å²) >= 11 is 0. The van der Waals surface area contributed by atoms with E-state index in [1.54, 1.807) is 0 Å². The lowest BCUT2D eigenvalue weighted by Crippen LogP contribution is -2.32. The maximum Gasteiger partial charge on any atom is 0.224 e. The molecule has 0 unspecified atom stereocenters. The van der Waals surface area contributed by atoms with E-state index in [-0.39, 0.29) is 5.91 Å². The maximum atomic E-state index is 12.8. The molecule has 2 heterocycles. The molecule has 1 aliphatic rings. The number of imidazole rings is 1. The zero-order chi connectivity index (χ0) is 19.5. The molecule has 1 amide bonds. The summed E-state index contributed by atoms with van der Waals surface area (Å²) in [5.74, 6) is 1.23. The fourth-order valence-corrected chi connectivity index (χ4v) is 4.26. The molecule has 1 aromatic heterocycles. The van der Waals surface area contributed by atoms with Gasteiger partial charge in [-0.25, -0.2) is 4.98 Å². The Morgan fingerprint density at radius 1 is 1.00 bits per heavy atom. The van der Waals surface area contributed by atoms with Crippen molar-refractivity contribution in [2.75, 3.05) is 13.1 Å². The summed E-state index contributed by atoms with van der Waals surface area (Å²) in [6.45, 7) is 6.73. The Bertz CT molecular complexity index is 981. The lowest BCUT2D eigenvalue weighted by atomic mass is 10.1. The summed E-state index contributed by atoms with van der Waals surface area (Å²) in [7, 11) is 0. The molecule has 146 valence electrons. The number of carbonyl (C=O) groups is 1. The van der Waals surface area contributed by atoms with Gasteiger partial charge in [-0.05, 0) is 44.4 Å². The number of likely N-dealkylation sites (tertiary alicyclic amines) is 1. The van der Waals surface area contributed by atoms with Crippen molar-refractivity contribution in [1.82, 2.24) is 14.5 Å². The van der Waals surface area contributed by atoms with Crippen LogP contribution in [0.1, 0.15) is 43.2 Å². The van der Waals surface area contributed by atoms with Crippen LogP contribution in [0.4, 0.5) is 0 Å². The van der Waals surface area contributed by atoms with Crippen molar-refractivity contribution in [3.63, 3.8) is 0 Å². The number of carbonyl (C=O) groups excluding carboxylic acids is 1. The highest BCUT2D eigenvalue weighted by Crippen LogP contribution is 2.28. The molecular formula is C24H29N3O. The number of hydrogen-bond acceptors (Lipinski definition) is 2. The summed E-state index contributed by atoms with van der Waals surface area (Å²) in [5.41, 5.74) is 5.69. The highest BCUT2D eigenvalue weighted by Gasteiger charge is 2.18. The van der Waals surface area contributed by atoms with Gasteiger partial charge in [-0.2, -0.15) is 0 Å². The highest BCUT2D eigenvalue weighted by atomic mass is 16.2. The number of aryl methyl sites for hydroxylation is 3. The first-order chi connectivity index (χ1) is 13.6. The summed E-state index contributed by atoms with van der Waals surface area (Å²) < 4.78 is 2.22. The molecule has 0 N–H and O–H groups in total. The molecule has 0 atom stereocenters. The zero-order valence-electron chi connectivity index (χ0n) is 16.9. The quantitative estimate of drug-likeness (QED) is 0.635. The molecule has 4 nitrogen and oxygen atoms in total. The van der Waals surface area contributed by atoms with Gasteiger partial charge in [0.15, 0.2) is 0 Å². The fourth-order valence-electron chi connectivity index (χ4n) is 4.26. The van der Waals surface area contributed by atoms with E-state index in [1.165, 1.54) is 24.0 Å². The number of nitrogens with zero attached hydrogens (tertiary/aromatic N) is 3. The number of hydrogen-bond donors (Lipinski definition) is 0. The maximum absolute atomic E-state index is 12.8. The van der Waals surface area contributed by atoms with E-state index in [0.29, 0.717) is 13.0 Å². The van der Waals surface area contributed by atoms with Crippen LogP contribution in [0.5, 0.6) is 0 Å². The van der Waals surface area contributed by atoms with Crippen LogP contribution < -0.4 is 0 Å². The first-order valence-electron chi connectivity index (χ1n) is 10.4. The summed E-state index contributed by atoms with van der Waals surface area (Å²) in [6, 6.07) is 14.7. The average molecular weight is 376 g/mol. The van der Waals surface area contributed by atoms with Gasteiger partial charge in [0.2, 0.25) is 5.91 Å². The molecule has 28 heavy (non-hydrogen) atoms. The molecule has 1 fully saturated rings. The fraction of sp³-hybridized carbons (Fsp3) is 0.417. The van der Waals surface area contributed by atoms with Gasteiger partial charge in [-0.15, -0.1) is 0 Å². The van der Waals surface area contributed by atoms with Crippen molar-refractivity contribution >= 4 is 16.9 Å². The van der Waals surface area contributed by atoms with E-state index in [4.69, 9.17) is 4.98 Å². The van der Waals surface area contributed by atoms with Crippen LogP contribution in [0.15, 0.2) is 42.5 Å². The largest absolute Gasteiger partial charge is 0.343 e. The van der Waals surface area contributed by atoms with Crippen LogP contribution in [-0.2, 0) is 11.3 Å². The van der Waals surface area contributed by atoms with E-state index < -0.39 is 0 Å². The van der Waals surface area contributed by atoms with Gasteiger partial charge in [-0.3, -0.25) is 4.79 Å². The Morgan fingerprint density at radius 2 is 1.75 bits per heavy atom. The number of para-hydroxylation sites is 2. The van der Waals surface area contributed by atoms with E-state index in [1.807, 2.05) is 12.1 Å². The van der Waals surface area contributed by atoms with Crippen LogP contribution in [-0.4, -0.2) is 33.4 Å². The van der Waals surface area contributed by atoms with Crippen molar-refractivity contribution in [3.05, 3.63) is 53.6 Å². The van der Waals surface area contributed by atoms with Gasteiger partial charge >= 0.3 is 0 Å². The van der Waals surface area contributed by atoms with Crippen molar-refractivity contribution in [2.45, 2.75) is 52.5 Å². The first kappa shape index (κ1) is 18.7. The topological polar surface area (TPSA) is 38.1 Å². The number of amides is 1. The van der Waals surface area contributed by atoms with E-state index >= 15 is 0 Å². The first-order valence-corrected chi connectivity index (χ1v) is 10.4. The van der Waals surface area contributed by atoms with Crippen molar-refractivity contribution in [1.29, 1.82) is 0 Å². The number of benzene rings is 2. The third kappa shape index (κ3) is 3.82. The van der Waals surface area contributed by atoms with Crippen molar-refractivity contribution in [3.8, 4) is 11.4 Å². The van der Waals surface area contributed by atoms with Crippen molar-refractivity contribution < 1.29 is 4.79 Å². The monoisotopic (exact) mass is 375 g/mol. The Balaban J connectivity index is 1.64. The predicted molar refractivity (Wildman–Crippen MR) is 114 cm³/mol. The van der Waals surface area contributed by atoms with Gasteiger partial charge < -0.3 is 9.47 Å². The highest BCUT2D eigenvalue weighted by molar-refractivity contribution is 5.82. The van der Waals surface area contributed by atoms with E-state index in [9.17, 15) is 4.79 Å². The van der Waals surface area contributed by atoms with Crippen LogP contribution in [0.25, 0.3) is 22.4 Å². The Hall–Kier alpha value is -2.62. The zero-order valence-corrected chi connectivity index (χ0v) is 16.9. The minimum absolute atomic E-state index is 0.270. The minimum Gasteiger partial charge on any atom is -0.343 e. The second-order valence-electron chi connectivity index (χ2n) is 7.94. The molecule has 1 saturated heterocycles. The molecule has 0 aliphatic carbocycles. The molecular weight excluding hydrogens is 346 g/mol. The summed E-state index contributed by atoms with van der Waals surface area (Å²) in [5, 5.41) is 0. The molecule has 4 heteroatoms. The molecule has 0 saturated carbocycles. The summed E-state index contributed by atoms with van der Waals surface area (Å²) in [6.07, 6.45) is 5.28. The Morgan fingerprint density at radius 3 is 2.50 bits per heavy atom. The summed E-state index contributed by atoms with van der Waals surface area (Å²) in [4.78, 5) is 19.8. The second kappa shape index (κ2) is 8.17. The molecule has 0 radical (unpaired) electrons. The lowest BCUT2D eigenvalue weighted by molar-refractivity contribution is -0.131. The van der Waals surface area contributed by atoms with Gasteiger partial charge in [0.25, 0.3) is 0 Å². The smallest absolute Gasteiger partial charge is 0.224 e. The van der Waals surface area contributed by atoms with Crippen molar-refractivity contribution in [2.24, 2.45) is 0 Å².